The zero-order chi connectivity index (χ0) is 12.6. The average Bonchev–Trinajstić information content (AvgIpc) is 2.65. The highest BCUT2D eigenvalue weighted by Gasteiger charge is 2.32. The third kappa shape index (κ3) is 2.11. The Balaban J connectivity index is 2.44. The number of ether oxygens (including phenoxy) is 1. The van der Waals surface area contributed by atoms with E-state index in [0.29, 0.717) is 11.4 Å². The maximum absolute atomic E-state index is 11.7. The highest BCUT2D eigenvalue weighted by Crippen LogP contribution is 2.40. The van der Waals surface area contributed by atoms with Gasteiger partial charge in [0.2, 0.25) is 0 Å². The molecule has 0 fully saturated rings. The number of hydrogen-bond donors (Lipinski definition) is 2. The van der Waals surface area contributed by atoms with Gasteiger partial charge in [-0.1, -0.05) is 0 Å². The van der Waals surface area contributed by atoms with E-state index in [2.05, 4.69) is 0 Å². The Morgan fingerprint density at radius 3 is 3.06 bits per heavy atom. The Morgan fingerprint density at radius 2 is 2.47 bits per heavy atom. The summed E-state index contributed by atoms with van der Waals surface area (Å²) in [6.07, 6.45) is 0. The van der Waals surface area contributed by atoms with Crippen molar-refractivity contribution < 1.29 is 19.4 Å². The van der Waals surface area contributed by atoms with Crippen molar-refractivity contribution in [2.75, 3.05) is 18.1 Å². The molecule has 1 amide bonds. The van der Waals surface area contributed by atoms with Crippen LogP contribution in [-0.2, 0) is 4.79 Å². The molecule has 0 radical (unpaired) electrons. The van der Waals surface area contributed by atoms with E-state index in [-0.39, 0.29) is 30.0 Å². The molecule has 0 saturated carbocycles. The molecule has 1 aliphatic heterocycles. The van der Waals surface area contributed by atoms with Crippen LogP contribution in [0.2, 0.25) is 0 Å². The summed E-state index contributed by atoms with van der Waals surface area (Å²) in [5, 5.41) is 10.7. The van der Waals surface area contributed by atoms with Crippen molar-refractivity contribution in [3.63, 3.8) is 0 Å². The summed E-state index contributed by atoms with van der Waals surface area (Å²) in [5.74, 6) is -0.896. The molecule has 0 spiro atoms. The van der Waals surface area contributed by atoms with Crippen LogP contribution in [0.1, 0.15) is 16.6 Å². The van der Waals surface area contributed by atoms with Gasteiger partial charge in [-0.3, -0.25) is 4.79 Å². The molecule has 0 bridgehead atoms. The summed E-state index contributed by atoms with van der Waals surface area (Å²) in [4.78, 5) is 24.3. The van der Waals surface area contributed by atoms with Crippen LogP contribution < -0.4 is 15.4 Å². The maximum atomic E-state index is 11.7. The highest BCUT2D eigenvalue weighted by atomic mass is 32.1. The van der Waals surface area contributed by atoms with Crippen LogP contribution in [0.25, 0.3) is 0 Å². The van der Waals surface area contributed by atoms with Crippen LogP contribution >= 0.6 is 11.3 Å². The molecule has 0 saturated heterocycles. The molecule has 2 rings (SSSR count). The fourth-order valence-electron chi connectivity index (χ4n) is 1.67. The van der Waals surface area contributed by atoms with E-state index in [0.717, 1.165) is 11.3 Å². The third-order valence-corrected chi connectivity index (χ3v) is 3.25. The summed E-state index contributed by atoms with van der Waals surface area (Å²) in [5.41, 5.74) is 5.99. The highest BCUT2D eigenvalue weighted by molar-refractivity contribution is 7.13. The van der Waals surface area contributed by atoms with Gasteiger partial charge >= 0.3 is 5.97 Å². The lowest BCUT2D eigenvalue weighted by molar-refractivity contribution is -0.121. The number of carbonyl (C=O) groups excluding carboxylic acids is 1. The van der Waals surface area contributed by atoms with Crippen molar-refractivity contribution in [1.29, 1.82) is 0 Å². The van der Waals surface area contributed by atoms with Crippen molar-refractivity contribution >= 4 is 28.9 Å². The third-order valence-electron chi connectivity index (χ3n) is 2.32. The zero-order valence-corrected chi connectivity index (χ0v) is 9.99. The van der Waals surface area contributed by atoms with Crippen LogP contribution in [0.15, 0.2) is 5.38 Å². The number of rotatable bonds is 3. The molecular weight excluding hydrogens is 244 g/mol. The minimum absolute atomic E-state index is 0.0739. The number of anilines is 1. The van der Waals surface area contributed by atoms with Gasteiger partial charge in [-0.25, -0.2) is 4.79 Å². The first-order chi connectivity index (χ1) is 8.00. The molecule has 92 valence electrons. The number of amides is 1. The Labute approximate surface area is 102 Å². The minimum atomic E-state index is -1.07. The Morgan fingerprint density at radius 1 is 1.76 bits per heavy atom. The van der Waals surface area contributed by atoms with Gasteiger partial charge < -0.3 is 20.5 Å². The summed E-state index contributed by atoms with van der Waals surface area (Å²) in [7, 11) is 0. The molecule has 3 N–H and O–H groups in total. The monoisotopic (exact) mass is 256 g/mol. The first-order valence-electron chi connectivity index (χ1n) is 5.04. The second-order valence-electron chi connectivity index (χ2n) is 3.85. The topological polar surface area (TPSA) is 92.9 Å². The molecule has 1 aromatic heterocycles. The normalized spacial score (nSPS) is 16.4. The maximum Gasteiger partial charge on any atom is 0.348 e. The van der Waals surface area contributed by atoms with Crippen molar-refractivity contribution in [3.8, 4) is 5.75 Å². The summed E-state index contributed by atoms with van der Waals surface area (Å²) in [6, 6.07) is -0.230. The largest absolute Gasteiger partial charge is 0.481 e. The fraction of sp³-hybridized carbons (Fsp3) is 0.400. The molecule has 6 nitrogen and oxygen atoms in total. The van der Waals surface area contributed by atoms with E-state index in [1.807, 2.05) is 0 Å². The number of aromatic carboxylic acids is 1. The molecule has 7 heteroatoms. The second kappa shape index (κ2) is 4.34. The first kappa shape index (κ1) is 11.9. The SMILES string of the molecule is C[C@H](N)CN1C(=O)COc2csc(C(=O)O)c21. The van der Waals surface area contributed by atoms with Crippen molar-refractivity contribution in [2.24, 2.45) is 5.73 Å². The van der Waals surface area contributed by atoms with E-state index in [9.17, 15) is 9.59 Å². The Bertz CT molecular complexity index is 469. The lowest BCUT2D eigenvalue weighted by Gasteiger charge is -2.29. The Kier molecular flexibility index (Phi) is 3.03. The molecular formula is C10H12N2O4S. The van der Waals surface area contributed by atoms with Crippen LogP contribution in [0.5, 0.6) is 5.75 Å². The van der Waals surface area contributed by atoms with Crippen LogP contribution in [-0.4, -0.2) is 36.2 Å². The van der Waals surface area contributed by atoms with Gasteiger partial charge in [0.25, 0.3) is 5.91 Å². The number of fused-ring (bicyclic) bond motifs is 1. The number of carboxylic acids is 1. The number of nitrogens with two attached hydrogens (primary N) is 1. The number of thiophene rings is 1. The van der Waals surface area contributed by atoms with Gasteiger partial charge in [0, 0.05) is 18.0 Å². The van der Waals surface area contributed by atoms with Crippen LogP contribution in [0.4, 0.5) is 5.69 Å². The molecule has 0 aliphatic carbocycles. The molecule has 1 atom stereocenters. The number of carboxylic acid groups (broad SMARTS) is 1. The van der Waals surface area contributed by atoms with E-state index in [4.69, 9.17) is 15.6 Å². The molecule has 2 heterocycles. The van der Waals surface area contributed by atoms with Crippen molar-refractivity contribution in [3.05, 3.63) is 10.3 Å². The second-order valence-corrected chi connectivity index (χ2v) is 4.73. The molecule has 0 unspecified atom stereocenters. The van der Waals surface area contributed by atoms with Crippen LogP contribution in [0.3, 0.4) is 0 Å². The number of nitrogens with zero attached hydrogens (tertiary/aromatic N) is 1. The first-order valence-corrected chi connectivity index (χ1v) is 5.92. The van der Waals surface area contributed by atoms with Gasteiger partial charge in [-0.2, -0.15) is 0 Å². The molecule has 17 heavy (non-hydrogen) atoms. The van der Waals surface area contributed by atoms with Gasteiger partial charge in [-0.15, -0.1) is 11.3 Å². The fourth-order valence-corrected chi connectivity index (χ4v) is 2.50. The van der Waals surface area contributed by atoms with E-state index >= 15 is 0 Å². The standard InChI is InChI=1S/C10H12N2O4S/c1-5(11)2-12-7(13)3-16-6-4-17-9(8(6)12)10(14)15/h4-5H,2-3,11H2,1H3,(H,14,15)/t5-/m0/s1. The minimum Gasteiger partial charge on any atom is -0.481 e. The van der Waals surface area contributed by atoms with Crippen molar-refractivity contribution in [2.45, 2.75) is 13.0 Å². The number of carbonyl (C=O) groups is 2. The predicted octanol–water partition coefficient (Wildman–Crippen LogP) is 0.519. The smallest absolute Gasteiger partial charge is 0.348 e. The van der Waals surface area contributed by atoms with Gasteiger partial charge in [-0.05, 0) is 6.92 Å². The zero-order valence-electron chi connectivity index (χ0n) is 9.17. The van der Waals surface area contributed by atoms with Gasteiger partial charge in [0.05, 0.1) is 0 Å². The Hall–Kier alpha value is -1.60. The molecule has 1 aliphatic rings. The van der Waals surface area contributed by atoms with E-state index < -0.39 is 5.97 Å². The van der Waals surface area contributed by atoms with Gasteiger partial charge in [0.15, 0.2) is 12.4 Å². The lowest BCUT2D eigenvalue weighted by Crippen LogP contribution is -2.44. The summed E-state index contributed by atoms with van der Waals surface area (Å²) < 4.78 is 5.19. The van der Waals surface area contributed by atoms with Gasteiger partial charge in [0.1, 0.15) is 10.6 Å². The van der Waals surface area contributed by atoms with E-state index in [1.165, 1.54) is 4.90 Å². The van der Waals surface area contributed by atoms with Crippen LogP contribution in [0, 0.1) is 0 Å². The predicted molar refractivity (Wildman–Crippen MR) is 62.8 cm³/mol. The lowest BCUT2D eigenvalue weighted by atomic mass is 10.2. The molecule has 1 aromatic rings. The molecule has 0 aromatic carbocycles. The number of hydrogen-bond acceptors (Lipinski definition) is 5. The van der Waals surface area contributed by atoms with E-state index in [1.54, 1.807) is 12.3 Å². The summed E-state index contributed by atoms with van der Waals surface area (Å²) in [6.45, 7) is 1.97. The van der Waals surface area contributed by atoms with Crippen molar-refractivity contribution in [1.82, 2.24) is 0 Å². The average molecular weight is 256 g/mol. The summed E-state index contributed by atoms with van der Waals surface area (Å²) >= 11 is 1.05. The quantitative estimate of drug-likeness (QED) is 0.822.